The van der Waals surface area contributed by atoms with Crippen molar-refractivity contribution in [2.24, 2.45) is 0 Å². The van der Waals surface area contributed by atoms with Crippen LogP contribution in [0.15, 0.2) is 26.3 Å². The number of hydrogen-bond acceptors (Lipinski definition) is 11. The third kappa shape index (κ3) is 4.07. The summed E-state index contributed by atoms with van der Waals surface area (Å²) >= 11 is 3.52. The second-order valence-corrected chi connectivity index (χ2v) is 9.50. The van der Waals surface area contributed by atoms with E-state index >= 15 is 0 Å². The Bertz CT molecular complexity index is 1150. The zero-order valence-corrected chi connectivity index (χ0v) is 18.3. The monoisotopic (exact) mass is 484 g/mol. The fourth-order valence-corrected chi connectivity index (χ4v) is 6.08. The predicted octanol–water partition coefficient (Wildman–Crippen LogP) is 0.0312. The zero-order valence-electron chi connectivity index (χ0n) is 15.9. The van der Waals surface area contributed by atoms with Crippen LogP contribution in [0.1, 0.15) is 11.6 Å². The smallest absolute Gasteiger partial charge is 0.352 e. The number of β-lactam (4-membered cyclic amide) rings is 1. The molecule has 2 aromatic rings. The van der Waals surface area contributed by atoms with Gasteiger partial charge in [0.2, 0.25) is 16.6 Å². The highest BCUT2D eigenvalue weighted by molar-refractivity contribution is 8.01. The van der Waals surface area contributed by atoms with Crippen LogP contribution in [0.4, 0.5) is 0 Å². The highest BCUT2D eigenvalue weighted by atomic mass is 32.2. The van der Waals surface area contributed by atoms with Gasteiger partial charge in [-0.3, -0.25) is 19.9 Å². The molecule has 2 aromatic heterocycles. The van der Waals surface area contributed by atoms with Crippen molar-refractivity contribution in [3.8, 4) is 0 Å². The molecule has 0 bridgehead atoms. The first-order chi connectivity index (χ1) is 14.8. The lowest BCUT2D eigenvalue weighted by molar-refractivity contribution is -0.150. The van der Waals surface area contributed by atoms with Gasteiger partial charge in [-0.2, -0.15) is 4.73 Å². The van der Waals surface area contributed by atoms with Crippen molar-refractivity contribution < 1.29 is 29.1 Å². The maximum Gasteiger partial charge on any atom is 0.352 e. The van der Waals surface area contributed by atoms with E-state index in [9.17, 15) is 24.7 Å². The molecule has 1 fully saturated rings. The van der Waals surface area contributed by atoms with Crippen LogP contribution >= 0.6 is 34.9 Å². The quantitative estimate of drug-likeness (QED) is 0.238. The summed E-state index contributed by atoms with van der Waals surface area (Å²) in [4.78, 5) is 37.9. The summed E-state index contributed by atoms with van der Waals surface area (Å²) in [5.41, 5.74) is 0.692. The van der Waals surface area contributed by atoms with Crippen LogP contribution in [-0.4, -0.2) is 70.8 Å². The first kappa shape index (κ1) is 21.5. The number of thioether (sulfide) groups is 2. The molecule has 4 N–H and O–H groups in total. The number of rotatable bonds is 7. The molecule has 15 heteroatoms. The van der Waals surface area contributed by atoms with Crippen LogP contribution in [-0.2, 0) is 20.8 Å². The molecule has 4 heterocycles. The average molecular weight is 485 g/mol. The number of carbonyl (C=O) groups excluding carboxylic acids is 2. The average Bonchev–Trinajstić information content (AvgIpc) is 3.29. The van der Waals surface area contributed by atoms with Gasteiger partial charge in [-0.25, -0.2) is 4.79 Å². The van der Waals surface area contributed by atoms with E-state index in [4.69, 9.17) is 9.83 Å². The van der Waals surface area contributed by atoms with Gasteiger partial charge in [-0.1, -0.05) is 11.8 Å². The Morgan fingerprint density at radius 2 is 2.23 bits per heavy atom. The summed E-state index contributed by atoms with van der Waals surface area (Å²) in [5, 5.41) is 38.3. The van der Waals surface area contributed by atoms with E-state index in [0.29, 0.717) is 27.2 Å². The van der Waals surface area contributed by atoms with Gasteiger partial charge < -0.3 is 20.0 Å². The maximum absolute atomic E-state index is 12.7. The molecule has 0 aromatic carbocycles. The molecule has 0 spiro atoms. The van der Waals surface area contributed by atoms with Crippen molar-refractivity contribution in [3.63, 3.8) is 0 Å². The van der Waals surface area contributed by atoms with Crippen molar-refractivity contribution in [1.82, 2.24) is 25.1 Å². The van der Waals surface area contributed by atoms with Gasteiger partial charge in [0.25, 0.3) is 11.1 Å². The van der Waals surface area contributed by atoms with Crippen molar-refractivity contribution in [1.29, 1.82) is 5.41 Å². The van der Waals surface area contributed by atoms with Crippen LogP contribution in [0.5, 0.6) is 0 Å². The Balaban J connectivity index is 1.44. The molecule has 2 amide bonds. The highest BCUT2D eigenvalue weighted by Crippen LogP contribution is 2.41. The standard InChI is InChI=1S/C16H16N6O6S3/c1-6-19-20-16(28-6)31-4-7-3-29-13-10(12(24)21(13)11(7)14(25)26)18-9(23)2-8-5-30-15(17)22(8)27/h5,10,13,17,27H,2-4H2,1H3,(H,18,23)(H,25,26)/t10?,13-/m0/s1. The molecule has 12 nitrogen and oxygen atoms in total. The molecule has 1 unspecified atom stereocenters. The van der Waals surface area contributed by atoms with Crippen LogP contribution < -0.4 is 10.1 Å². The third-order valence-corrected chi connectivity index (χ3v) is 7.59. The summed E-state index contributed by atoms with van der Waals surface area (Å²) in [5.74, 6) is -1.20. The first-order valence-electron chi connectivity index (χ1n) is 8.81. The van der Waals surface area contributed by atoms with Gasteiger partial charge in [-0.05, 0) is 5.57 Å². The summed E-state index contributed by atoms with van der Waals surface area (Å²) in [6, 6.07) is -0.860. The number of aliphatic carboxylic acids is 1. The normalized spacial score (nSPS) is 20.4. The predicted molar refractivity (Wildman–Crippen MR) is 108 cm³/mol. The highest BCUT2D eigenvalue weighted by Gasteiger charge is 2.54. The summed E-state index contributed by atoms with van der Waals surface area (Å²) < 4.78 is 5.88. The maximum atomic E-state index is 12.7. The lowest BCUT2D eigenvalue weighted by Gasteiger charge is -2.49. The molecule has 2 atom stereocenters. The Morgan fingerprint density at radius 1 is 1.45 bits per heavy atom. The van der Waals surface area contributed by atoms with Gasteiger partial charge in [0.05, 0.1) is 12.1 Å². The molecular weight excluding hydrogens is 468 g/mol. The van der Waals surface area contributed by atoms with E-state index in [-0.39, 0.29) is 28.4 Å². The zero-order chi connectivity index (χ0) is 22.3. The Kier molecular flexibility index (Phi) is 5.81. The number of aromatic nitrogens is 3. The van der Waals surface area contributed by atoms with Crippen molar-refractivity contribution in [2.45, 2.75) is 30.0 Å². The second-order valence-electron chi connectivity index (χ2n) is 6.61. The first-order valence-corrected chi connectivity index (χ1v) is 11.7. The van der Waals surface area contributed by atoms with Crippen LogP contribution in [0.3, 0.4) is 0 Å². The number of nitrogens with zero attached hydrogens (tertiary/aromatic N) is 4. The third-order valence-electron chi connectivity index (χ3n) is 4.56. The van der Waals surface area contributed by atoms with Gasteiger partial charge in [0, 0.05) is 23.8 Å². The summed E-state index contributed by atoms with van der Waals surface area (Å²) in [7, 11) is 0. The fourth-order valence-electron chi connectivity index (χ4n) is 3.14. The Hall–Kier alpha value is -2.78. The van der Waals surface area contributed by atoms with E-state index in [1.165, 1.54) is 33.8 Å². The lowest BCUT2D eigenvalue weighted by atomic mass is 10.0. The summed E-state index contributed by atoms with van der Waals surface area (Å²) in [6.07, 6.45) is -0.208. The SMILES string of the molecule is Cc1nnc(SCC2=C(C(=O)O)N3C(=O)C(NC(=O)Cc4csc(=N)n4O)[C@@H]3SC2)o1. The van der Waals surface area contributed by atoms with Gasteiger partial charge in [0.1, 0.15) is 17.1 Å². The van der Waals surface area contributed by atoms with Gasteiger partial charge in [-0.15, -0.1) is 33.3 Å². The number of aryl methyl sites for hydroxylation is 1. The van der Waals surface area contributed by atoms with Gasteiger partial charge in [0.15, 0.2) is 0 Å². The number of amides is 2. The van der Waals surface area contributed by atoms with E-state index in [1.54, 1.807) is 6.92 Å². The minimum atomic E-state index is -1.22. The minimum absolute atomic E-state index is 0.0899. The number of carboxylic acids is 1. The fraction of sp³-hybridized carbons (Fsp3) is 0.375. The number of fused-ring (bicyclic) bond motifs is 1. The summed E-state index contributed by atoms with van der Waals surface area (Å²) in [6.45, 7) is 1.65. The van der Waals surface area contributed by atoms with Crippen LogP contribution in [0.25, 0.3) is 0 Å². The molecule has 31 heavy (non-hydrogen) atoms. The minimum Gasteiger partial charge on any atom is -0.477 e. The number of hydrogen-bond donors (Lipinski definition) is 4. The molecule has 0 radical (unpaired) electrons. The largest absolute Gasteiger partial charge is 0.477 e. The second kappa shape index (κ2) is 8.39. The van der Waals surface area contributed by atoms with Gasteiger partial charge >= 0.3 is 5.97 Å². The molecule has 4 rings (SSSR count). The molecular formula is C16H16N6O6S3. The number of thiazole rings is 1. The number of nitrogens with one attached hydrogen (secondary N) is 2. The molecule has 2 aliphatic rings. The van der Waals surface area contributed by atoms with Crippen molar-refractivity contribution in [3.05, 3.63) is 33.0 Å². The molecule has 0 aliphatic carbocycles. The van der Waals surface area contributed by atoms with E-state index in [1.807, 2.05) is 0 Å². The van der Waals surface area contributed by atoms with E-state index < -0.39 is 29.2 Å². The molecule has 0 saturated carbocycles. The van der Waals surface area contributed by atoms with E-state index in [2.05, 4.69) is 15.5 Å². The number of carbonyl (C=O) groups is 3. The Labute approximate surface area is 186 Å². The van der Waals surface area contributed by atoms with Crippen molar-refractivity contribution >= 4 is 52.6 Å². The van der Waals surface area contributed by atoms with Crippen molar-refractivity contribution in [2.75, 3.05) is 11.5 Å². The molecule has 2 aliphatic heterocycles. The Morgan fingerprint density at radius 3 is 2.84 bits per heavy atom. The van der Waals surface area contributed by atoms with Crippen LogP contribution in [0, 0.1) is 12.3 Å². The molecule has 164 valence electrons. The van der Waals surface area contributed by atoms with Crippen LogP contribution in [0.2, 0.25) is 0 Å². The number of carboxylic acid groups (broad SMARTS) is 1. The molecule has 1 saturated heterocycles. The lowest BCUT2D eigenvalue weighted by Crippen LogP contribution is -2.70. The topological polar surface area (TPSA) is 175 Å². The van der Waals surface area contributed by atoms with E-state index in [0.717, 1.165) is 11.3 Å².